The zero-order valence-electron chi connectivity index (χ0n) is 11.1. The lowest BCUT2D eigenvalue weighted by Crippen LogP contribution is -2.20. The number of hydrogen-bond donors (Lipinski definition) is 0. The Balaban J connectivity index is 2.38. The van der Waals surface area contributed by atoms with Crippen LogP contribution >= 0.6 is 0 Å². The highest BCUT2D eigenvalue weighted by molar-refractivity contribution is 5.39. The van der Waals surface area contributed by atoms with Gasteiger partial charge in [-0.25, -0.2) is 4.68 Å². The molecule has 1 aromatic heterocycles. The smallest absolute Gasteiger partial charge is 0.258 e. The lowest BCUT2D eigenvalue weighted by molar-refractivity contribution is -0.385. The normalized spacial score (nSPS) is 11.5. The first kappa shape index (κ1) is 13.1. The van der Waals surface area contributed by atoms with Gasteiger partial charge >= 0.3 is 0 Å². The van der Waals surface area contributed by atoms with Crippen LogP contribution in [0.4, 0.5) is 5.69 Å². The highest BCUT2D eigenvalue weighted by Crippen LogP contribution is 2.22. The molecule has 0 spiro atoms. The third-order valence-corrected chi connectivity index (χ3v) is 2.71. The van der Waals surface area contributed by atoms with Crippen LogP contribution in [0.25, 0.3) is 0 Å². The van der Waals surface area contributed by atoms with E-state index in [0.29, 0.717) is 11.4 Å². The number of hydrogen-bond acceptors (Lipinski definition) is 5. The number of para-hydroxylation sites is 1. The van der Waals surface area contributed by atoms with Gasteiger partial charge in [0.05, 0.1) is 17.0 Å². The fraction of sp³-hybridized carbons (Fsp3) is 0.417. The van der Waals surface area contributed by atoms with Crippen LogP contribution in [0.1, 0.15) is 32.2 Å². The summed E-state index contributed by atoms with van der Waals surface area (Å²) in [6.45, 7) is 6.27. The van der Waals surface area contributed by atoms with Gasteiger partial charge < -0.3 is 0 Å². The second-order valence-corrected chi connectivity index (χ2v) is 5.30. The van der Waals surface area contributed by atoms with Crippen molar-refractivity contribution in [3.8, 4) is 0 Å². The quantitative estimate of drug-likeness (QED) is 0.622. The van der Waals surface area contributed by atoms with Crippen molar-refractivity contribution in [3.05, 3.63) is 45.8 Å². The predicted octanol–water partition coefficient (Wildman–Crippen LogP) is 1.93. The Morgan fingerprint density at radius 2 is 2.00 bits per heavy atom. The molecular formula is C12H15N5O2. The van der Waals surface area contributed by atoms with Gasteiger partial charge in [0.15, 0.2) is 5.82 Å². The summed E-state index contributed by atoms with van der Waals surface area (Å²) < 4.78 is 1.60. The molecule has 0 aliphatic carbocycles. The van der Waals surface area contributed by atoms with Crippen molar-refractivity contribution in [2.45, 2.75) is 32.7 Å². The summed E-state index contributed by atoms with van der Waals surface area (Å²) in [4.78, 5) is 10.6. The van der Waals surface area contributed by atoms with Crippen molar-refractivity contribution in [2.24, 2.45) is 0 Å². The SMILES string of the molecule is CC(C)(C)c1nnnn1Cc1ccccc1[N+](=O)[O-]. The third kappa shape index (κ3) is 2.75. The highest BCUT2D eigenvalue weighted by Gasteiger charge is 2.23. The lowest BCUT2D eigenvalue weighted by Gasteiger charge is -2.17. The highest BCUT2D eigenvalue weighted by atomic mass is 16.6. The predicted molar refractivity (Wildman–Crippen MR) is 68.7 cm³/mol. The van der Waals surface area contributed by atoms with E-state index in [1.165, 1.54) is 6.07 Å². The van der Waals surface area contributed by atoms with E-state index in [0.717, 1.165) is 0 Å². The molecule has 0 atom stereocenters. The van der Waals surface area contributed by atoms with Gasteiger partial charge in [0.2, 0.25) is 0 Å². The van der Waals surface area contributed by atoms with Crippen LogP contribution in [0, 0.1) is 10.1 Å². The molecule has 0 bridgehead atoms. The summed E-state index contributed by atoms with van der Waals surface area (Å²) in [5, 5.41) is 22.5. The second-order valence-electron chi connectivity index (χ2n) is 5.30. The fourth-order valence-electron chi connectivity index (χ4n) is 1.83. The lowest BCUT2D eigenvalue weighted by atomic mass is 9.96. The molecule has 7 heteroatoms. The Morgan fingerprint density at radius 3 is 2.63 bits per heavy atom. The average Bonchev–Trinajstić information content (AvgIpc) is 2.77. The molecule has 0 fully saturated rings. The van der Waals surface area contributed by atoms with Gasteiger partial charge in [0.25, 0.3) is 5.69 Å². The summed E-state index contributed by atoms with van der Waals surface area (Å²) in [6.07, 6.45) is 0. The van der Waals surface area contributed by atoms with E-state index in [4.69, 9.17) is 0 Å². The van der Waals surface area contributed by atoms with Gasteiger partial charge in [-0.3, -0.25) is 10.1 Å². The van der Waals surface area contributed by atoms with Gasteiger partial charge in [-0.05, 0) is 10.4 Å². The summed E-state index contributed by atoms with van der Waals surface area (Å²) >= 11 is 0. The standard InChI is InChI=1S/C12H15N5O2/c1-12(2,3)11-13-14-15-16(11)8-9-6-4-5-7-10(9)17(18)19/h4-7H,8H2,1-3H3. The summed E-state index contributed by atoms with van der Waals surface area (Å²) in [5.74, 6) is 0.700. The van der Waals surface area contributed by atoms with Gasteiger partial charge in [-0.1, -0.05) is 39.0 Å². The molecule has 0 amide bonds. The molecule has 0 radical (unpaired) electrons. The molecule has 0 aliphatic heterocycles. The van der Waals surface area contributed by atoms with Gasteiger partial charge in [0, 0.05) is 11.5 Å². The molecule has 1 heterocycles. The number of tetrazole rings is 1. The van der Waals surface area contributed by atoms with Gasteiger partial charge in [-0.2, -0.15) is 0 Å². The summed E-state index contributed by atoms with van der Waals surface area (Å²) in [6, 6.07) is 6.61. The Morgan fingerprint density at radius 1 is 1.32 bits per heavy atom. The number of nitro benzene ring substituents is 1. The van der Waals surface area contributed by atoms with Crippen LogP contribution in [-0.4, -0.2) is 25.1 Å². The summed E-state index contributed by atoms with van der Waals surface area (Å²) in [5.41, 5.74) is 0.454. The molecule has 2 aromatic rings. The van der Waals surface area contributed by atoms with Crippen molar-refractivity contribution >= 4 is 5.69 Å². The van der Waals surface area contributed by atoms with Crippen LogP contribution in [0.2, 0.25) is 0 Å². The molecular weight excluding hydrogens is 246 g/mol. The molecule has 19 heavy (non-hydrogen) atoms. The number of benzene rings is 1. The molecule has 0 saturated carbocycles. The van der Waals surface area contributed by atoms with E-state index < -0.39 is 4.92 Å². The maximum Gasteiger partial charge on any atom is 0.274 e. The maximum absolute atomic E-state index is 11.0. The minimum atomic E-state index is -0.392. The molecule has 100 valence electrons. The van der Waals surface area contributed by atoms with Crippen molar-refractivity contribution in [1.29, 1.82) is 0 Å². The third-order valence-electron chi connectivity index (χ3n) is 2.71. The number of rotatable bonds is 3. The molecule has 0 aliphatic rings. The van der Waals surface area contributed by atoms with Crippen molar-refractivity contribution in [1.82, 2.24) is 20.2 Å². The molecule has 2 rings (SSSR count). The Kier molecular flexibility index (Phi) is 3.28. The number of nitro groups is 1. The summed E-state index contributed by atoms with van der Waals surface area (Å²) in [7, 11) is 0. The molecule has 7 nitrogen and oxygen atoms in total. The monoisotopic (exact) mass is 261 g/mol. The van der Waals surface area contributed by atoms with Crippen LogP contribution in [0.5, 0.6) is 0 Å². The largest absolute Gasteiger partial charge is 0.274 e. The average molecular weight is 261 g/mol. The Hall–Kier alpha value is -2.31. The minimum absolute atomic E-state index is 0.0814. The van der Waals surface area contributed by atoms with Gasteiger partial charge in [-0.15, -0.1) is 5.10 Å². The van der Waals surface area contributed by atoms with Crippen molar-refractivity contribution in [2.75, 3.05) is 0 Å². The second kappa shape index (κ2) is 4.75. The van der Waals surface area contributed by atoms with E-state index in [1.807, 2.05) is 20.8 Å². The zero-order chi connectivity index (χ0) is 14.0. The fourth-order valence-corrected chi connectivity index (χ4v) is 1.83. The van der Waals surface area contributed by atoms with Crippen LogP contribution in [-0.2, 0) is 12.0 Å². The van der Waals surface area contributed by atoms with Gasteiger partial charge in [0.1, 0.15) is 0 Å². The maximum atomic E-state index is 11.0. The van der Waals surface area contributed by atoms with Crippen molar-refractivity contribution in [3.63, 3.8) is 0 Å². The van der Waals surface area contributed by atoms with E-state index in [1.54, 1.807) is 22.9 Å². The Labute approximate surface area is 110 Å². The first-order chi connectivity index (χ1) is 8.89. The topological polar surface area (TPSA) is 86.7 Å². The molecule has 1 aromatic carbocycles. The van der Waals surface area contributed by atoms with Crippen LogP contribution in [0.15, 0.2) is 24.3 Å². The van der Waals surface area contributed by atoms with E-state index in [-0.39, 0.29) is 17.6 Å². The molecule has 0 unspecified atom stereocenters. The Bertz CT molecular complexity index is 600. The van der Waals surface area contributed by atoms with Crippen molar-refractivity contribution < 1.29 is 4.92 Å². The number of aromatic nitrogens is 4. The zero-order valence-corrected chi connectivity index (χ0v) is 11.1. The van der Waals surface area contributed by atoms with E-state index >= 15 is 0 Å². The van der Waals surface area contributed by atoms with Crippen LogP contribution in [0.3, 0.4) is 0 Å². The van der Waals surface area contributed by atoms with E-state index in [2.05, 4.69) is 15.5 Å². The van der Waals surface area contributed by atoms with Crippen LogP contribution < -0.4 is 0 Å². The molecule has 0 N–H and O–H groups in total. The first-order valence-corrected chi connectivity index (χ1v) is 5.88. The van der Waals surface area contributed by atoms with E-state index in [9.17, 15) is 10.1 Å². The minimum Gasteiger partial charge on any atom is -0.258 e. The first-order valence-electron chi connectivity index (χ1n) is 5.88. The number of nitrogens with zero attached hydrogens (tertiary/aromatic N) is 5. The molecule has 0 saturated heterocycles.